The molecule has 2 aromatic heterocycles. The Bertz CT molecular complexity index is 2780. The van der Waals surface area contributed by atoms with E-state index in [2.05, 4.69) is 231 Å². The molecular weight excluding hydrogens is 713 g/mol. The van der Waals surface area contributed by atoms with Crippen LogP contribution in [0.2, 0.25) is 0 Å². The van der Waals surface area contributed by atoms with Crippen molar-refractivity contribution in [1.29, 1.82) is 0 Å². The molecule has 0 unspecified atom stereocenters. The first-order valence-corrected chi connectivity index (χ1v) is 21.2. The number of aryl methyl sites for hydroxylation is 4. The quantitative estimate of drug-likeness (QED) is 0.146. The average Bonchev–Trinajstić information content (AvgIpc) is 3.74. The Morgan fingerprint density at radius 3 is 1.14 bits per heavy atom. The van der Waals surface area contributed by atoms with E-state index >= 15 is 0 Å². The molecule has 0 saturated heterocycles. The van der Waals surface area contributed by atoms with Crippen LogP contribution in [0, 0.1) is 41.5 Å². The van der Waals surface area contributed by atoms with Gasteiger partial charge in [0.05, 0.1) is 0 Å². The van der Waals surface area contributed by atoms with Gasteiger partial charge in [0.25, 0.3) is 0 Å². The SMILES string of the molecule is Cc1ccc(-c2cn(-c3ccc(C(C)C)cc3)c(C)c2-c2ccc(-c3ccc(-c4c(-c5ccc(C)cc5)cn(-c5ccc(C(C)(C)C)cc5)c4C)cc3C)c(C)c2)cc1. The predicted molar refractivity (Wildman–Crippen MR) is 253 cm³/mol. The molecule has 0 bridgehead atoms. The molecule has 8 aromatic rings. The Morgan fingerprint density at radius 2 is 0.780 bits per heavy atom. The summed E-state index contributed by atoms with van der Waals surface area (Å²) >= 11 is 0. The van der Waals surface area contributed by atoms with Gasteiger partial charge in [-0.2, -0.15) is 0 Å². The van der Waals surface area contributed by atoms with E-state index in [4.69, 9.17) is 0 Å². The van der Waals surface area contributed by atoms with Crippen molar-refractivity contribution in [3.8, 4) is 67.0 Å². The van der Waals surface area contributed by atoms with Gasteiger partial charge in [0.1, 0.15) is 0 Å². The molecule has 2 nitrogen and oxygen atoms in total. The molecule has 0 N–H and O–H groups in total. The van der Waals surface area contributed by atoms with E-state index in [0.717, 1.165) is 0 Å². The summed E-state index contributed by atoms with van der Waals surface area (Å²) in [7, 11) is 0. The standard InChI is InChI=1S/C57H58N2/c1-36(2)43-20-26-49(27-21-43)58-34-53(44-16-12-37(3)13-17-44)55(41(58)7)46-22-30-51(39(5)32-46)52-31-23-47(33-40(52)6)56-42(8)59(35-54(56)45-18-14-38(4)15-19-45)50-28-24-48(25-29-50)57(9,10)11/h12-36H,1-11H3. The average molecular weight is 771 g/mol. The van der Waals surface area contributed by atoms with E-state index < -0.39 is 0 Å². The Hall–Kier alpha value is -6.12. The molecule has 59 heavy (non-hydrogen) atoms. The minimum Gasteiger partial charge on any atom is -0.320 e. The Kier molecular flexibility index (Phi) is 10.5. The van der Waals surface area contributed by atoms with Gasteiger partial charge < -0.3 is 9.13 Å². The summed E-state index contributed by atoms with van der Waals surface area (Å²) in [5.74, 6) is 0.499. The number of hydrogen-bond acceptors (Lipinski definition) is 0. The molecular formula is C57H58N2. The van der Waals surface area contributed by atoms with E-state index in [1.165, 1.54) is 112 Å². The predicted octanol–water partition coefficient (Wildman–Crippen LogP) is 15.9. The third-order valence-corrected chi connectivity index (χ3v) is 12.4. The molecule has 0 fully saturated rings. The van der Waals surface area contributed by atoms with E-state index in [1.807, 2.05) is 0 Å². The van der Waals surface area contributed by atoms with Crippen molar-refractivity contribution in [1.82, 2.24) is 9.13 Å². The van der Waals surface area contributed by atoms with Gasteiger partial charge in [-0.3, -0.25) is 0 Å². The van der Waals surface area contributed by atoms with Crippen LogP contribution in [-0.2, 0) is 5.41 Å². The van der Waals surface area contributed by atoms with E-state index in [0.29, 0.717) is 5.92 Å². The molecule has 0 atom stereocenters. The molecule has 296 valence electrons. The van der Waals surface area contributed by atoms with Crippen molar-refractivity contribution in [2.24, 2.45) is 0 Å². The molecule has 2 heterocycles. The molecule has 8 rings (SSSR count). The summed E-state index contributed by atoms with van der Waals surface area (Å²) < 4.78 is 4.73. The topological polar surface area (TPSA) is 9.86 Å². The molecule has 0 radical (unpaired) electrons. The monoisotopic (exact) mass is 770 g/mol. The first-order chi connectivity index (χ1) is 28.2. The van der Waals surface area contributed by atoms with Crippen LogP contribution in [0.3, 0.4) is 0 Å². The van der Waals surface area contributed by atoms with Crippen molar-refractivity contribution >= 4 is 0 Å². The maximum absolute atomic E-state index is 2.39. The molecule has 0 aliphatic rings. The van der Waals surface area contributed by atoms with Crippen LogP contribution >= 0.6 is 0 Å². The summed E-state index contributed by atoms with van der Waals surface area (Å²) in [6.07, 6.45) is 4.65. The summed E-state index contributed by atoms with van der Waals surface area (Å²) in [5, 5.41) is 0. The van der Waals surface area contributed by atoms with Gasteiger partial charge in [0, 0.05) is 57.4 Å². The van der Waals surface area contributed by atoms with Crippen molar-refractivity contribution in [2.45, 2.75) is 87.5 Å². The second-order valence-corrected chi connectivity index (χ2v) is 18.1. The van der Waals surface area contributed by atoms with Crippen LogP contribution in [0.5, 0.6) is 0 Å². The first-order valence-electron chi connectivity index (χ1n) is 21.2. The van der Waals surface area contributed by atoms with E-state index in [-0.39, 0.29) is 5.41 Å². The van der Waals surface area contributed by atoms with Gasteiger partial charge in [-0.25, -0.2) is 0 Å². The highest BCUT2D eigenvalue weighted by atomic mass is 15.0. The zero-order valence-corrected chi connectivity index (χ0v) is 36.8. The summed E-state index contributed by atoms with van der Waals surface area (Å²) in [6.45, 7) is 24.7. The van der Waals surface area contributed by atoms with Crippen LogP contribution < -0.4 is 0 Å². The largest absolute Gasteiger partial charge is 0.320 e. The lowest BCUT2D eigenvalue weighted by atomic mass is 9.87. The molecule has 0 spiro atoms. The number of rotatable bonds is 8. The molecule has 0 aliphatic heterocycles. The highest BCUT2D eigenvalue weighted by Crippen LogP contribution is 2.43. The third-order valence-electron chi connectivity index (χ3n) is 12.4. The van der Waals surface area contributed by atoms with Gasteiger partial charge in [0.2, 0.25) is 0 Å². The minimum absolute atomic E-state index is 0.107. The molecule has 0 aliphatic carbocycles. The second kappa shape index (κ2) is 15.6. The van der Waals surface area contributed by atoms with Gasteiger partial charge in [0.15, 0.2) is 0 Å². The number of hydrogen-bond donors (Lipinski definition) is 0. The van der Waals surface area contributed by atoms with Crippen molar-refractivity contribution in [2.75, 3.05) is 0 Å². The molecule has 0 amide bonds. The van der Waals surface area contributed by atoms with Crippen molar-refractivity contribution < 1.29 is 0 Å². The second-order valence-electron chi connectivity index (χ2n) is 18.1. The lowest BCUT2D eigenvalue weighted by Gasteiger charge is -2.19. The van der Waals surface area contributed by atoms with Crippen LogP contribution in [0.1, 0.15) is 85.3 Å². The van der Waals surface area contributed by atoms with Crippen LogP contribution in [0.15, 0.2) is 146 Å². The minimum atomic E-state index is 0.107. The van der Waals surface area contributed by atoms with Crippen LogP contribution in [-0.4, -0.2) is 9.13 Å². The number of aromatic nitrogens is 2. The van der Waals surface area contributed by atoms with Crippen molar-refractivity contribution in [3.63, 3.8) is 0 Å². The third kappa shape index (κ3) is 7.65. The fourth-order valence-corrected chi connectivity index (χ4v) is 8.77. The van der Waals surface area contributed by atoms with Gasteiger partial charge in [-0.1, -0.05) is 155 Å². The summed E-state index contributed by atoms with van der Waals surface area (Å²) in [4.78, 5) is 0. The number of nitrogens with zero attached hydrogens (tertiary/aromatic N) is 2. The lowest BCUT2D eigenvalue weighted by Crippen LogP contribution is -2.10. The zero-order valence-electron chi connectivity index (χ0n) is 36.8. The van der Waals surface area contributed by atoms with Gasteiger partial charge in [-0.05, 0) is 133 Å². The summed E-state index contributed by atoms with van der Waals surface area (Å²) in [5.41, 5.74) is 25.2. The van der Waals surface area contributed by atoms with Crippen LogP contribution in [0.4, 0.5) is 0 Å². The maximum Gasteiger partial charge on any atom is 0.0452 e. The first kappa shape index (κ1) is 39.7. The van der Waals surface area contributed by atoms with Gasteiger partial charge in [-0.15, -0.1) is 0 Å². The van der Waals surface area contributed by atoms with E-state index in [9.17, 15) is 0 Å². The maximum atomic E-state index is 2.39. The zero-order chi connectivity index (χ0) is 41.7. The molecule has 6 aromatic carbocycles. The Labute approximate surface area is 352 Å². The molecule has 0 saturated carbocycles. The fraction of sp³-hybridized carbons (Fsp3) is 0.228. The smallest absolute Gasteiger partial charge is 0.0452 e. The Balaban J connectivity index is 1.19. The Morgan fingerprint density at radius 1 is 0.407 bits per heavy atom. The summed E-state index contributed by atoms with van der Waals surface area (Å²) in [6, 6.07) is 50.1. The van der Waals surface area contributed by atoms with Crippen molar-refractivity contribution in [3.05, 3.63) is 191 Å². The lowest BCUT2D eigenvalue weighted by molar-refractivity contribution is 0.590. The fourth-order valence-electron chi connectivity index (χ4n) is 8.77. The highest BCUT2D eigenvalue weighted by Gasteiger charge is 2.21. The van der Waals surface area contributed by atoms with E-state index in [1.54, 1.807) is 0 Å². The highest BCUT2D eigenvalue weighted by molar-refractivity contribution is 5.90. The van der Waals surface area contributed by atoms with Crippen LogP contribution in [0.25, 0.3) is 67.0 Å². The number of benzene rings is 6. The molecule has 2 heteroatoms. The normalized spacial score (nSPS) is 11.8. The van der Waals surface area contributed by atoms with Gasteiger partial charge >= 0.3 is 0 Å².